The third kappa shape index (κ3) is 4.82. The molecule has 6 nitrogen and oxygen atoms in total. The Morgan fingerprint density at radius 3 is 2.85 bits per heavy atom. The van der Waals surface area contributed by atoms with Crippen LogP contribution in [0.1, 0.15) is 28.4 Å². The molecule has 1 aliphatic heterocycles. The summed E-state index contributed by atoms with van der Waals surface area (Å²) in [4.78, 5) is 35.7. The van der Waals surface area contributed by atoms with Gasteiger partial charge in [-0.15, -0.1) is 22.7 Å². The van der Waals surface area contributed by atoms with E-state index in [1.165, 1.54) is 0 Å². The molecule has 168 valence electrons. The van der Waals surface area contributed by atoms with Gasteiger partial charge in [0, 0.05) is 29.6 Å². The van der Waals surface area contributed by atoms with E-state index < -0.39 is 0 Å². The molecule has 3 heterocycles. The van der Waals surface area contributed by atoms with Crippen LogP contribution in [0.3, 0.4) is 0 Å². The molecule has 8 heteroatoms. The molecule has 0 saturated heterocycles. The lowest BCUT2D eigenvalue weighted by molar-refractivity contribution is -0.147. The number of hydrogen-bond acceptors (Lipinski definition) is 7. The van der Waals surface area contributed by atoms with E-state index in [9.17, 15) is 9.59 Å². The molecule has 0 N–H and O–H groups in total. The average Bonchev–Trinajstić information content (AvgIpc) is 3.54. The maximum absolute atomic E-state index is 12.7. The molecule has 0 atom stereocenters. The van der Waals surface area contributed by atoms with Crippen molar-refractivity contribution in [3.05, 3.63) is 63.4 Å². The van der Waals surface area contributed by atoms with Crippen LogP contribution in [-0.2, 0) is 27.2 Å². The maximum Gasteiger partial charge on any atom is 0.306 e. The summed E-state index contributed by atoms with van der Waals surface area (Å²) in [6.07, 6.45) is 2.44. The molecule has 0 saturated carbocycles. The van der Waals surface area contributed by atoms with Gasteiger partial charge in [0.05, 0.1) is 25.9 Å². The Kier molecular flexibility index (Phi) is 6.20. The Morgan fingerprint density at radius 1 is 1.15 bits per heavy atom. The summed E-state index contributed by atoms with van der Waals surface area (Å²) in [5.41, 5.74) is 5.03. The first-order valence-electron chi connectivity index (χ1n) is 10.9. The molecule has 5 rings (SSSR count). The number of para-hydroxylation sites is 1. The number of carbonyl (C=O) groups is 2. The van der Waals surface area contributed by atoms with Crippen molar-refractivity contribution < 1.29 is 14.3 Å². The lowest BCUT2D eigenvalue weighted by Gasteiger charge is -2.17. The standard InChI is InChI=1S/C25H23N3O3S2/c1-16-26-20(15-32-16)17-9-10-21-18(13-17)11-12-28(21)24(29)14-31-25(30)8-4-7-23-27-19-5-2-3-6-22(19)33-23/h2-3,5-6,9-10,13,15H,4,7-8,11-12,14H2,1H3. The zero-order chi connectivity index (χ0) is 22.8. The van der Waals surface area contributed by atoms with Crippen LogP contribution in [0.5, 0.6) is 0 Å². The van der Waals surface area contributed by atoms with Crippen molar-refractivity contribution in [2.24, 2.45) is 0 Å². The highest BCUT2D eigenvalue weighted by Crippen LogP contribution is 2.33. The van der Waals surface area contributed by atoms with Gasteiger partial charge in [-0.2, -0.15) is 0 Å². The number of thiazole rings is 2. The van der Waals surface area contributed by atoms with Crippen LogP contribution in [0.4, 0.5) is 5.69 Å². The van der Waals surface area contributed by atoms with Gasteiger partial charge in [-0.3, -0.25) is 9.59 Å². The smallest absolute Gasteiger partial charge is 0.306 e. The SMILES string of the molecule is Cc1nc(-c2ccc3c(c2)CCN3C(=O)COC(=O)CCCc2nc3ccccc3s2)cs1. The van der Waals surface area contributed by atoms with E-state index in [0.29, 0.717) is 13.0 Å². The number of aromatic nitrogens is 2. The number of fused-ring (bicyclic) bond motifs is 2. The molecule has 0 fully saturated rings. The average molecular weight is 478 g/mol. The lowest BCUT2D eigenvalue weighted by atomic mass is 10.1. The fourth-order valence-corrected chi connectivity index (χ4v) is 5.65. The Balaban J connectivity index is 1.11. The number of rotatable bonds is 7. The van der Waals surface area contributed by atoms with Gasteiger partial charge in [0.1, 0.15) is 0 Å². The number of carbonyl (C=O) groups excluding carboxylic acids is 2. The van der Waals surface area contributed by atoms with Crippen LogP contribution in [-0.4, -0.2) is 35.0 Å². The summed E-state index contributed by atoms with van der Waals surface area (Å²) >= 11 is 3.28. The first-order valence-corrected chi connectivity index (χ1v) is 12.6. The van der Waals surface area contributed by atoms with Gasteiger partial charge in [0.15, 0.2) is 6.61 Å². The largest absolute Gasteiger partial charge is 0.456 e. The highest BCUT2D eigenvalue weighted by molar-refractivity contribution is 7.18. The minimum absolute atomic E-state index is 0.189. The quantitative estimate of drug-likeness (QED) is 0.343. The third-order valence-corrected chi connectivity index (χ3v) is 7.53. The summed E-state index contributed by atoms with van der Waals surface area (Å²) in [5.74, 6) is -0.538. The van der Waals surface area contributed by atoms with Gasteiger partial charge in [0.2, 0.25) is 0 Å². The van der Waals surface area contributed by atoms with Gasteiger partial charge in [0.25, 0.3) is 5.91 Å². The van der Waals surface area contributed by atoms with E-state index >= 15 is 0 Å². The summed E-state index contributed by atoms with van der Waals surface area (Å²) < 4.78 is 6.42. The number of anilines is 1. The van der Waals surface area contributed by atoms with Crippen LogP contribution >= 0.6 is 22.7 Å². The normalized spacial score (nSPS) is 12.8. The summed E-state index contributed by atoms with van der Waals surface area (Å²) in [7, 11) is 0. The van der Waals surface area contributed by atoms with Crippen LogP contribution in [0, 0.1) is 6.92 Å². The third-order valence-electron chi connectivity index (χ3n) is 5.66. The van der Waals surface area contributed by atoms with Crippen molar-refractivity contribution >= 4 is 50.5 Å². The van der Waals surface area contributed by atoms with Gasteiger partial charge >= 0.3 is 5.97 Å². The van der Waals surface area contributed by atoms with Crippen LogP contribution in [0.15, 0.2) is 47.8 Å². The molecule has 0 spiro atoms. The Hall–Kier alpha value is -3.10. The van der Waals surface area contributed by atoms with Crippen LogP contribution in [0.2, 0.25) is 0 Å². The molecule has 4 aromatic rings. The molecular weight excluding hydrogens is 454 g/mol. The zero-order valence-electron chi connectivity index (χ0n) is 18.2. The first-order chi connectivity index (χ1) is 16.1. The highest BCUT2D eigenvalue weighted by Gasteiger charge is 2.26. The van der Waals surface area contributed by atoms with Gasteiger partial charge < -0.3 is 9.64 Å². The van der Waals surface area contributed by atoms with Crippen molar-refractivity contribution in [1.29, 1.82) is 0 Å². The Morgan fingerprint density at radius 2 is 2.03 bits per heavy atom. The van der Waals surface area contributed by atoms with Gasteiger partial charge in [-0.25, -0.2) is 9.97 Å². The first kappa shape index (κ1) is 21.7. The number of amides is 1. The fraction of sp³-hybridized carbons (Fsp3) is 0.280. The second kappa shape index (κ2) is 9.41. The molecule has 1 aliphatic rings. The number of nitrogens with zero attached hydrogens (tertiary/aromatic N) is 3. The topological polar surface area (TPSA) is 72.4 Å². The predicted molar refractivity (Wildman–Crippen MR) is 132 cm³/mol. The number of benzene rings is 2. The molecule has 33 heavy (non-hydrogen) atoms. The summed E-state index contributed by atoms with van der Waals surface area (Å²) in [6.45, 7) is 2.36. The van der Waals surface area contributed by atoms with Gasteiger partial charge in [-0.1, -0.05) is 18.2 Å². The van der Waals surface area contributed by atoms with Crippen LogP contribution in [0.25, 0.3) is 21.5 Å². The highest BCUT2D eigenvalue weighted by atomic mass is 32.1. The lowest BCUT2D eigenvalue weighted by Crippen LogP contribution is -2.33. The molecule has 0 unspecified atom stereocenters. The van der Waals surface area contributed by atoms with Crippen molar-refractivity contribution in [3.63, 3.8) is 0 Å². The molecule has 0 aliphatic carbocycles. The van der Waals surface area contributed by atoms with Crippen molar-refractivity contribution in [3.8, 4) is 11.3 Å². The number of hydrogen-bond donors (Lipinski definition) is 0. The van der Waals surface area contributed by atoms with Crippen molar-refractivity contribution in [1.82, 2.24) is 9.97 Å². The predicted octanol–water partition coefficient (Wildman–Crippen LogP) is 5.18. The second-order valence-electron chi connectivity index (χ2n) is 7.98. The van der Waals surface area contributed by atoms with Crippen LogP contribution < -0.4 is 4.90 Å². The van der Waals surface area contributed by atoms with E-state index in [4.69, 9.17) is 4.74 Å². The minimum atomic E-state index is -0.349. The maximum atomic E-state index is 12.7. The number of ether oxygens (including phenoxy) is 1. The molecule has 2 aromatic heterocycles. The summed E-state index contributed by atoms with van der Waals surface area (Å²) in [5, 5.41) is 4.09. The van der Waals surface area contributed by atoms with Gasteiger partial charge in [-0.05, 0) is 56.0 Å². The number of aryl methyl sites for hydroxylation is 2. The molecule has 1 amide bonds. The summed E-state index contributed by atoms with van der Waals surface area (Å²) in [6, 6.07) is 14.1. The molecule has 2 aromatic carbocycles. The van der Waals surface area contributed by atoms with E-state index in [0.717, 1.165) is 55.6 Å². The zero-order valence-corrected chi connectivity index (χ0v) is 19.9. The van der Waals surface area contributed by atoms with E-state index in [-0.39, 0.29) is 24.9 Å². The molecule has 0 radical (unpaired) electrons. The second-order valence-corrected chi connectivity index (χ2v) is 10.2. The molecular formula is C25H23N3O3S2. The molecule has 0 bridgehead atoms. The minimum Gasteiger partial charge on any atom is -0.456 e. The van der Waals surface area contributed by atoms with E-state index in [1.54, 1.807) is 27.6 Å². The Bertz CT molecular complexity index is 1290. The Labute approximate surface area is 199 Å². The number of esters is 1. The van der Waals surface area contributed by atoms with Crippen molar-refractivity contribution in [2.45, 2.75) is 32.6 Å². The van der Waals surface area contributed by atoms with Crippen molar-refractivity contribution in [2.75, 3.05) is 18.1 Å². The monoisotopic (exact) mass is 477 g/mol. The fourth-order valence-electron chi connectivity index (χ4n) is 4.02. The van der Waals surface area contributed by atoms with E-state index in [2.05, 4.69) is 16.0 Å². The van der Waals surface area contributed by atoms with E-state index in [1.807, 2.05) is 48.7 Å².